The van der Waals surface area contributed by atoms with Crippen LogP contribution in [-0.2, 0) is 0 Å². The number of hydrogen-bond acceptors (Lipinski definition) is 4. The highest BCUT2D eigenvalue weighted by Gasteiger charge is 2.34. The number of carbonyl (C=O) groups excluding carboxylic acids is 1. The maximum absolute atomic E-state index is 13.0. The largest absolute Gasteiger partial charge is 0.504 e. The smallest absolute Gasteiger partial charge is 0.278 e. The van der Waals surface area contributed by atoms with Crippen molar-refractivity contribution in [2.45, 2.75) is 31.7 Å². The number of hydrogen-bond donors (Lipinski definition) is 2. The van der Waals surface area contributed by atoms with E-state index in [2.05, 4.69) is 5.10 Å². The number of carbonyl (C=O) groups is 1. The molecule has 0 bridgehead atoms. The molecule has 7 heteroatoms. The van der Waals surface area contributed by atoms with Gasteiger partial charge in [-0.2, -0.15) is 5.10 Å². The van der Waals surface area contributed by atoms with E-state index >= 15 is 0 Å². The lowest BCUT2D eigenvalue weighted by molar-refractivity contribution is 0.0727. The molecular weight excluding hydrogens is 313 g/mol. The molecular formula is C17H20FN3O3. The molecule has 0 saturated heterocycles. The highest BCUT2D eigenvalue weighted by molar-refractivity contribution is 5.95. The average molecular weight is 333 g/mol. The molecule has 0 radical (unpaired) electrons. The number of rotatable bonds is 7. The summed E-state index contributed by atoms with van der Waals surface area (Å²) in [5.74, 6) is -0.874. The van der Waals surface area contributed by atoms with Crippen LogP contribution in [0.1, 0.15) is 36.2 Å². The maximum Gasteiger partial charge on any atom is 0.278 e. The van der Waals surface area contributed by atoms with E-state index in [-0.39, 0.29) is 35.8 Å². The molecule has 1 aromatic heterocycles. The van der Waals surface area contributed by atoms with Crippen molar-refractivity contribution >= 4 is 5.91 Å². The van der Waals surface area contributed by atoms with Crippen LogP contribution in [0.3, 0.4) is 0 Å². The molecule has 2 aromatic rings. The molecule has 1 amide bonds. The third-order valence-electron chi connectivity index (χ3n) is 4.04. The van der Waals surface area contributed by atoms with Crippen LogP contribution < -0.4 is 0 Å². The van der Waals surface area contributed by atoms with Crippen LogP contribution in [0.4, 0.5) is 4.39 Å². The summed E-state index contributed by atoms with van der Waals surface area (Å²) in [6, 6.07) is 5.82. The first kappa shape index (κ1) is 16.4. The molecule has 6 nitrogen and oxygen atoms in total. The first-order valence-electron chi connectivity index (χ1n) is 8.06. The van der Waals surface area contributed by atoms with Gasteiger partial charge >= 0.3 is 0 Å². The summed E-state index contributed by atoms with van der Waals surface area (Å²) >= 11 is 0. The van der Waals surface area contributed by atoms with Gasteiger partial charge in [-0.15, -0.1) is 0 Å². The molecule has 1 aliphatic rings. The monoisotopic (exact) mass is 333 g/mol. The zero-order chi connectivity index (χ0) is 17.1. The van der Waals surface area contributed by atoms with E-state index in [1.807, 2.05) is 0 Å². The molecule has 1 saturated carbocycles. The zero-order valence-electron chi connectivity index (χ0n) is 13.2. The molecule has 2 N–H and O–H groups in total. The van der Waals surface area contributed by atoms with Gasteiger partial charge in [0.25, 0.3) is 5.91 Å². The van der Waals surface area contributed by atoms with Gasteiger partial charge in [0.15, 0.2) is 11.4 Å². The minimum Gasteiger partial charge on any atom is -0.504 e. The van der Waals surface area contributed by atoms with Gasteiger partial charge in [-0.3, -0.25) is 4.79 Å². The summed E-state index contributed by atoms with van der Waals surface area (Å²) in [6.45, 7) is 0.629. The zero-order valence-corrected chi connectivity index (χ0v) is 13.2. The van der Waals surface area contributed by atoms with E-state index in [9.17, 15) is 14.3 Å². The van der Waals surface area contributed by atoms with Crippen LogP contribution in [-0.4, -0.2) is 50.0 Å². The molecule has 0 aliphatic heterocycles. The molecule has 24 heavy (non-hydrogen) atoms. The van der Waals surface area contributed by atoms with Gasteiger partial charge in [0.2, 0.25) is 0 Å². The van der Waals surface area contributed by atoms with Gasteiger partial charge in [0, 0.05) is 19.2 Å². The first-order chi connectivity index (χ1) is 11.6. The van der Waals surface area contributed by atoms with Crippen molar-refractivity contribution in [3.63, 3.8) is 0 Å². The summed E-state index contributed by atoms with van der Waals surface area (Å²) in [5.41, 5.74) is 0.555. The van der Waals surface area contributed by atoms with Crippen molar-refractivity contribution in [1.82, 2.24) is 14.7 Å². The third kappa shape index (κ3) is 3.56. The Morgan fingerprint density at radius 1 is 1.29 bits per heavy atom. The Labute approximate surface area is 139 Å². The highest BCUT2D eigenvalue weighted by atomic mass is 19.1. The van der Waals surface area contributed by atoms with E-state index in [1.165, 1.54) is 35.1 Å². The van der Waals surface area contributed by atoms with Crippen molar-refractivity contribution < 1.29 is 19.4 Å². The molecule has 1 heterocycles. The molecule has 1 aromatic carbocycles. The topological polar surface area (TPSA) is 78.6 Å². The SMILES string of the molecule is O=C(c1nn(-c2ccc(F)cc2)cc1O)N(CCCCO)C1CC1. The van der Waals surface area contributed by atoms with Crippen LogP contribution in [0.15, 0.2) is 30.5 Å². The quantitative estimate of drug-likeness (QED) is 0.761. The number of benzene rings is 1. The minimum atomic E-state index is -0.366. The van der Waals surface area contributed by atoms with Crippen LogP contribution in [0.5, 0.6) is 5.75 Å². The Morgan fingerprint density at radius 3 is 2.62 bits per heavy atom. The Morgan fingerprint density at radius 2 is 2.00 bits per heavy atom. The summed E-state index contributed by atoms with van der Waals surface area (Å²) in [7, 11) is 0. The van der Waals surface area contributed by atoms with Gasteiger partial charge in [0.1, 0.15) is 5.82 Å². The number of halogens is 1. The fourth-order valence-corrected chi connectivity index (χ4v) is 2.61. The third-order valence-corrected chi connectivity index (χ3v) is 4.04. The number of aromatic nitrogens is 2. The van der Waals surface area contributed by atoms with Crippen molar-refractivity contribution in [3.8, 4) is 11.4 Å². The predicted octanol–water partition coefficient (Wildman–Crippen LogP) is 2.09. The first-order valence-corrected chi connectivity index (χ1v) is 8.06. The van der Waals surface area contributed by atoms with Gasteiger partial charge in [0.05, 0.1) is 11.9 Å². The normalized spacial score (nSPS) is 13.9. The van der Waals surface area contributed by atoms with Crippen molar-refractivity contribution in [3.05, 3.63) is 42.0 Å². The lowest BCUT2D eigenvalue weighted by Crippen LogP contribution is -2.34. The highest BCUT2D eigenvalue weighted by Crippen LogP contribution is 2.30. The molecule has 3 rings (SSSR count). The average Bonchev–Trinajstić information content (AvgIpc) is 3.33. The number of aliphatic hydroxyl groups excluding tert-OH is 1. The maximum atomic E-state index is 13.0. The Balaban J connectivity index is 1.80. The van der Waals surface area contributed by atoms with Gasteiger partial charge in [-0.05, 0) is 49.9 Å². The summed E-state index contributed by atoms with van der Waals surface area (Å²) < 4.78 is 14.4. The predicted molar refractivity (Wildman–Crippen MR) is 85.6 cm³/mol. The fraction of sp³-hybridized carbons (Fsp3) is 0.412. The summed E-state index contributed by atoms with van der Waals surface area (Å²) in [6.07, 6.45) is 4.58. The van der Waals surface area contributed by atoms with Crippen molar-refractivity contribution in [1.29, 1.82) is 0 Å². The number of amides is 1. The van der Waals surface area contributed by atoms with Crippen LogP contribution in [0, 0.1) is 5.82 Å². The molecule has 1 fully saturated rings. The molecule has 0 unspecified atom stereocenters. The van der Waals surface area contributed by atoms with E-state index < -0.39 is 0 Å². The summed E-state index contributed by atoms with van der Waals surface area (Å²) in [4.78, 5) is 14.4. The molecule has 0 atom stereocenters. The Kier molecular flexibility index (Phi) is 4.80. The molecule has 1 aliphatic carbocycles. The van der Waals surface area contributed by atoms with Crippen LogP contribution >= 0.6 is 0 Å². The lowest BCUT2D eigenvalue weighted by atomic mass is 10.2. The minimum absolute atomic E-state index is 0.00442. The molecule has 128 valence electrons. The van der Waals surface area contributed by atoms with Gasteiger partial charge in [-0.1, -0.05) is 0 Å². The number of aliphatic hydroxyl groups is 1. The van der Waals surface area contributed by atoms with Gasteiger partial charge in [-0.25, -0.2) is 9.07 Å². The van der Waals surface area contributed by atoms with Crippen LogP contribution in [0.2, 0.25) is 0 Å². The summed E-state index contributed by atoms with van der Waals surface area (Å²) in [5, 5.41) is 23.2. The molecule has 0 spiro atoms. The lowest BCUT2D eigenvalue weighted by Gasteiger charge is -2.21. The van der Waals surface area contributed by atoms with Crippen molar-refractivity contribution in [2.75, 3.05) is 13.2 Å². The fourth-order valence-electron chi connectivity index (χ4n) is 2.61. The standard InChI is InChI=1S/C17H20FN3O3/c18-12-3-5-14(6-4-12)21-11-15(23)16(19-21)17(24)20(13-7-8-13)9-1-2-10-22/h3-6,11,13,22-23H,1-2,7-10H2. The second kappa shape index (κ2) is 7.00. The number of aromatic hydroxyl groups is 1. The van der Waals surface area contributed by atoms with Gasteiger partial charge < -0.3 is 15.1 Å². The van der Waals surface area contributed by atoms with Crippen molar-refractivity contribution in [2.24, 2.45) is 0 Å². The number of nitrogens with zero attached hydrogens (tertiary/aromatic N) is 3. The van der Waals surface area contributed by atoms with Crippen LogP contribution in [0.25, 0.3) is 5.69 Å². The van der Waals surface area contributed by atoms with E-state index in [0.717, 1.165) is 12.8 Å². The second-order valence-corrected chi connectivity index (χ2v) is 5.94. The van der Waals surface area contributed by atoms with E-state index in [4.69, 9.17) is 5.11 Å². The second-order valence-electron chi connectivity index (χ2n) is 5.94. The number of unbranched alkanes of at least 4 members (excludes halogenated alkanes) is 1. The van der Waals surface area contributed by atoms with E-state index in [0.29, 0.717) is 25.1 Å². The Bertz CT molecular complexity index is 710. The Hall–Kier alpha value is -2.41. The van der Waals surface area contributed by atoms with E-state index in [1.54, 1.807) is 4.90 Å².